The van der Waals surface area contributed by atoms with Crippen molar-refractivity contribution in [1.29, 1.82) is 0 Å². The van der Waals surface area contributed by atoms with Gasteiger partial charge in [0.25, 0.3) is 0 Å². The minimum Gasteiger partial charge on any atom is -0.365 e. The molecular formula is C15H16BrCl3N2. The Labute approximate surface area is 150 Å². The van der Waals surface area contributed by atoms with E-state index in [1.165, 1.54) is 16.8 Å². The molecule has 2 aromatic rings. The second-order valence-electron chi connectivity index (χ2n) is 4.82. The molecule has 2 N–H and O–H groups in total. The van der Waals surface area contributed by atoms with Gasteiger partial charge in [0.05, 0.1) is 0 Å². The molecule has 0 radical (unpaired) electrons. The van der Waals surface area contributed by atoms with Crippen molar-refractivity contribution < 1.29 is 0 Å². The lowest BCUT2D eigenvalue weighted by atomic mass is 10.1. The Kier molecular flexibility index (Phi) is 6.82. The third-order valence-corrected chi connectivity index (χ3v) is 4.14. The number of nitrogens with two attached hydrogens (primary N) is 1. The molecule has 0 fully saturated rings. The van der Waals surface area contributed by atoms with Gasteiger partial charge >= 0.3 is 0 Å². The zero-order chi connectivity index (χ0) is 13.4. The molecular weight excluding hydrogens is 394 g/mol. The summed E-state index contributed by atoms with van der Waals surface area (Å²) >= 11 is 9.53. The summed E-state index contributed by atoms with van der Waals surface area (Å²) in [5.41, 5.74) is 9.83. The van der Waals surface area contributed by atoms with Crippen LogP contribution in [0.2, 0.25) is 5.02 Å². The highest BCUT2D eigenvalue weighted by Gasteiger charge is 2.25. The summed E-state index contributed by atoms with van der Waals surface area (Å²) in [7, 11) is 0. The molecule has 2 aromatic carbocycles. The molecule has 0 bridgehead atoms. The van der Waals surface area contributed by atoms with Crippen molar-refractivity contribution in [2.45, 2.75) is 12.6 Å². The molecule has 1 aliphatic rings. The van der Waals surface area contributed by atoms with E-state index in [1.807, 2.05) is 18.2 Å². The summed E-state index contributed by atoms with van der Waals surface area (Å²) in [6.45, 7) is 1.68. The molecule has 21 heavy (non-hydrogen) atoms. The minimum absolute atomic E-state index is 0. The van der Waals surface area contributed by atoms with Crippen LogP contribution >= 0.6 is 52.3 Å². The van der Waals surface area contributed by atoms with Crippen LogP contribution < -0.4 is 10.6 Å². The van der Waals surface area contributed by atoms with Crippen molar-refractivity contribution in [2.24, 2.45) is 5.73 Å². The molecule has 1 unspecified atom stereocenters. The molecule has 0 aliphatic carbocycles. The molecule has 6 heteroatoms. The molecule has 1 heterocycles. The number of nitrogens with zero attached hydrogens (tertiary/aromatic N) is 1. The average molecular weight is 411 g/mol. The molecule has 0 amide bonds. The van der Waals surface area contributed by atoms with Crippen molar-refractivity contribution in [3.05, 3.63) is 63.1 Å². The van der Waals surface area contributed by atoms with Gasteiger partial charge in [0.15, 0.2) is 0 Å². The fourth-order valence-corrected chi connectivity index (χ4v) is 3.14. The Morgan fingerprint density at radius 1 is 1.19 bits per heavy atom. The van der Waals surface area contributed by atoms with E-state index in [0.717, 1.165) is 22.6 Å². The molecule has 2 nitrogen and oxygen atoms in total. The van der Waals surface area contributed by atoms with E-state index in [9.17, 15) is 0 Å². The molecule has 1 atom stereocenters. The van der Waals surface area contributed by atoms with Crippen LogP contribution in [0, 0.1) is 0 Å². The van der Waals surface area contributed by atoms with E-state index in [4.69, 9.17) is 17.3 Å². The lowest BCUT2D eigenvalue weighted by molar-refractivity contribution is 0.720. The minimum atomic E-state index is 0. The number of anilines is 1. The summed E-state index contributed by atoms with van der Waals surface area (Å²) in [5.74, 6) is 0. The molecule has 0 spiro atoms. The monoisotopic (exact) mass is 408 g/mol. The Balaban J connectivity index is 0.00000110. The van der Waals surface area contributed by atoms with Gasteiger partial charge in [0, 0.05) is 34.3 Å². The Bertz CT molecular complexity index is 622. The Morgan fingerprint density at radius 2 is 1.95 bits per heavy atom. The summed E-state index contributed by atoms with van der Waals surface area (Å²) in [4.78, 5) is 2.30. The van der Waals surface area contributed by atoms with E-state index in [2.05, 4.69) is 45.1 Å². The fraction of sp³-hybridized carbons (Fsp3) is 0.200. The van der Waals surface area contributed by atoms with Gasteiger partial charge in [-0.05, 0) is 41.5 Å². The van der Waals surface area contributed by atoms with Crippen molar-refractivity contribution in [3.8, 4) is 0 Å². The van der Waals surface area contributed by atoms with Crippen LogP contribution in [0.25, 0.3) is 0 Å². The first-order valence-electron chi connectivity index (χ1n) is 6.18. The van der Waals surface area contributed by atoms with E-state index >= 15 is 0 Å². The number of rotatable bonds is 2. The summed E-state index contributed by atoms with van der Waals surface area (Å²) in [6.07, 6.45) is 0. The second-order valence-corrected chi connectivity index (χ2v) is 6.17. The predicted octanol–water partition coefficient (Wildman–Crippen LogP) is 4.97. The molecule has 3 rings (SSSR count). The van der Waals surface area contributed by atoms with Gasteiger partial charge in [-0.25, -0.2) is 0 Å². The third kappa shape index (κ3) is 4.05. The van der Waals surface area contributed by atoms with Gasteiger partial charge in [-0.3, -0.25) is 0 Å². The zero-order valence-electron chi connectivity index (χ0n) is 11.1. The second kappa shape index (κ2) is 7.70. The highest BCUT2D eigenvalue weighted by molar-refractivity contribution is 9.10. The lowest BCUT2D eigenvalue weighted by Crippen LogP contribution is -2.23. The van der Waals surface area contributed by atoms with Gasteiger partial charge < -0.3 is 10.6 Å². The summed E-state index contributed by atoms with van der Waals surface area (Å²) < 4.78 is 1.08. The number of benzene rings is 2. The van der Waals surface area contributed by atoms with Gasteiger partial charge in [-0.15, -0.1) is 24.8 Å². The molecule has 0 aromatic heterocycles. The standard InChI is InChI=1S/C15H14BrClN2.2ClH/c16-11-4-5-15-13(7-11)14(18)9-19(15)8-10-2-1-3-12(17)6-10;;/h1-7,14H,8-9,18H2;2*1H. The smallest absolute Gasteiger partial charge is 0.0494 e. The van der Waals surface area contributed by atoms with Crippen LogP contribution in [0.15, 0.2) is 46.9 Å². The van der Waals surface area contributed by atoms with Crippen LogP contribution in [0.4, 0.5) is 5.69 Å². The quantitative estimate of drug-likeness (QED) is 0.758. The Morgan fingerprint density at radius 3 is 2.67 bits per heavy atom. The van der Waals surface area contributed by atoms with Crippen molar-refractivity contribution in [3.63, 3.8) is 0 Å². The van der Waals surface area contributed by atoms with Gasteiger partial charge in [-0.1, -0.05) is 39.7 Å². The SMILES string of the molecule is Cl.Cl.NC1CN(Cc2cccc(Cl)c2)c2ccc(Br)cc21. The number of hydrogen-bond acceptors (Lipinski definition) is 2. The predicted molar refractivity (Wildman–Crippen MR) is 98.1 cm³/mol. The van der Waals surface area contributed by atoms with E-state index in [0.29, 0.717) is 0 Å². The van der Waals surface area contributed by atoms with E-state index in [-0.39, 0.29) is 30.9 Å². The molecule has 0 saturated carbocycles. The maximum atomic E-state index is 6.20. The topological polar surface area (TPSA) is 29.3 Å². The average Bonchev–Trinajstić information content (AvgIpc) is 2.66. The summed E-state index contributed by atoms with van der Waals surface area (Å²) in [5, 5.41) is 0.775. The van der Waals surface area contributed by atoms with Crippen LogP contribution in [0.3, 0.4) is 0 Å². The van der Waals surface area contributed by atoms with Crippen molar-refractivity contribution >= 4 is 58.0 Å². The number of halogens is 4. The van der Waals surface area contributed by atoms with Crippen LogP contribution in [0.1, 0.15) is 17.2 Å². The van der Waals surface area contributed by atoms with Crippen LogP contribution in [-0.2, 0) is 6.54 Å². The molecule has 114 valence electrons. The lowest BCUT2D eigenvalue weighted by Gasteiger charge is -2.19. The summed E-state index contributed by atoms with van der Waals surface area (Å²) in [6, 6.07) is 14.3. The van der Waals surface area contributed by atoms with Gasteiger partial charge in [-0.2, -0.15) is 0 Å². The Hall–Kier alpha value is -0.450. The van der Waals surface area contributed by atoms with Crippen LogP contribution in [-0.4, -0.2) is 6.54 Å². The highest BCUT2D eigenvalue weighted by atomic mass is 79.9. The van der Waals surface area contributed by atoms with E-state index < -0.39 is 0 Å². The first kappa shape index (κ1) is 18.6. The third-order valence-electron chi connectivity index (χ3n) is 3.41. The normalized spacial score (nSPS) is 16.0. The van der Waals surface area contributed by atoms with Crippen molar-refractivity contribution in [2.75, 3.05) is 11.4 Å². The maximum absolute atomic E-state index is 6.20. The first-order chi connectivity index (χ1) is 9.13. The molecule has 0 saturated heterocycles. The highest BCUT2D eigenvalue weighted by Crippen LogP contribution is 2.36. The fourth-order valence-electron chi connectivity index (χ4n) is 2.55. The van der Waals surface area contributed by atoms with E-state index in [1.54, 1.807) is 0 Å². The number of fused-ring (bicyclic) bond motifs is 1. The van der Waals surface area contributed by atoms with Crippen molar-refractivity contribution in [1.82, 2.24) is 0 Å². The number of hydrogen-bond donors (Lipinski definition) is 1. The van der Waals surface area contributed by atoms with Gasteiger partial charge in [0.1, 0.15) is 0 Å². The van der Waals surface area contributed by atoms with Crippen LogP contribution in [0.5, 0.6) is 0 Å². The zero-order valence-corrected chi connectivity index (χ0v) is 15.1. The van der Waals surface area contributed by atoms with Gasteiger partial charge in [0.2, 0.25) is 0 Å². The molecule has 1 aliphatic heterocycles. The maximum Gasteiger partial charge on any atom is 0.0494 e. The largest absolute Gasteiger partial charge is 0.365 e. The first-order valence-corrected chi connectivity index (χ1v) is 7.35.